The molecule has 4 aliphatic heterocycles. The van der Waals surface area contributed by atoms with Crippen LogP contribution in [0.5, 0.6) is 0 Å². The minimum absolute atomic E-state index is 0.0838. The summed E-state index contributed by atoms with van der Waals surface area (Å²) < 4.78 is 0. The first-order chi connectivity index (χ1) is 19.3. The summed E-state index contributed by atoms with van der Waals surface area (Å²) in [5.41, 5.74) is 2.31. The van der Waals surface area contributed by atoms with Crippen molar-refractivity contribution >= 4 is 35.1 Å². The van der Waals surface area contributed by atoms with E-state index in [1.807, 2.05) is 24.1 Å². The Kier molecular flexibility index (Phi) is 6.73. The summed E-state index contributed by atoms with van der Waals surface area (Å²) >= 11 is 0. The second kappa shape index (κ2) is 10.4. The number of likely N-dealkylation sites (tertiary alicyclic amines) is 1. The largest absolute Gasteiger partial charge is 0.465 e. The van der Waals surface area contributed by atoms with Crippen molar-refractivity contribution in [1.82, 2.24) is 24.7 Å². The molecule has 1 aromatic carbocycles. The van der Waals surface area contributed by atoms with Gasteiger partial charge < -0.3 is 34.9 Å². The average Bonchev–Trinajstić information content (AvgIpc) is 3.30. The molecule has 0 saturated carbocycles. The number of anilines is 4. The summed E-state index contributed by atoms with van der Waals surface area (Å²) in [7, 11) is 1.84. The number of nitrogens with zero attached hydrogens (tertiary/aromatic N) is 8. The quantitative estimate of drug-likeness (QED) is 0.582. The van der Waals surface area contributed by atoms with E-state index < -0.39 is 6.09 Å². The number of carboxylic acid groups (broad SMARTS) is 1. The van der Waals surface area contributed by atoms with E-state index in [1.165, 1.54) is 4.90 Å². The second-order valence-corrected chi connectivity index (χ2v) is 11.5. The second-order valence-electron chi connectivity index (χ2n) is 11.5. The van der Waals surface area contributed by atoms with Gasteiger partial charge in [0.05, 0.1) is 12.2 Å². The average molecular weight is 546 g/mol. The van der Waals surface area contributed by atoms with Gasteiger partial charge in [-0.15, -0.1) is 0 Å². The Bertz CT molecular complexity index is 1310. The number of likely N-dealkylation sites (N-methyl/N-ethyl adjacent to an activating group) is 1. The fourth-order valence-corrected chi connectivity index (χ4v) is 6.47. The topological polar surface area (TPSA) is 132 Å². The van der Waals surface area contributed by atoms with Gasteiger partial charge in [-0.1, -0.05) is 0 Å². The van der Waals surface area contributed by atoms with Gasteiger partial charge in [-0.05, 0) is 49.9 Å². The Balaban J connectivity index is 1.10. The molecule has 0 aliphatic carbocycles. The number of amides is 3. The van der Waals surface area contributed by atoms with Crippen LogP contribution in [-0.2, 0) is 0 Å². The first-order valence-corrected chi connectivity index (χ1v) is 14.0. The number of nitriles is 1. The molecule has 12 heteroatoms. The van der Waals surface area contributed by atoms with Crippen molar-refractivity contribution < 1.29 is 14.7 Å². The highest BCUT2D eigenvalue weighted by Crippen LogP contribution is 2.41. The molecule has 1 aromatic heterocycles. The van der Waals surface area contributed by atoms with Crippen molar-refractivity contribution in [2.45, 2.75) is 31.7 Å². The van der Waals surface area contributed by atoms with Crippen LogP contribution in [0.1, 0.15) is 31.4 Å². The molecule has 5 heterocycles. The molecular formula is C28H35N9O3. The van der Waals surface area contributed by atoms with Crippen LogP contribution in [0, 0.1) is 16.7 Å². The number of rotatable bonds is 5. The minimum atomic E-state index is -0.822. The van der Waals surface area contributed by atoms with E-state index in [0.29, 0.717) is 31.3 Å². The molecule has 12 nitrogen and oxygen atoms in total. The Hall–Kier alpha value is -4.27. The highest BCUT2D eigenvalue weighted by atomic mass is 16.4. The van der Waals surface area contributed by atoms with Gasteiger partial charge in [0.15, 0.2) is 11.5 Å². The third kappa shape index (κ3) is 4.92. The highest BCUT2D eigenvalue weighted by Gasteiger charge is 2.46. The SMILES string of the molecule is CN1CCN([C@@H]2CCCN(c3cnc(C#N)c(Nc4ccc(N5CCC6(CC5)CN(C(=O)O)C6)cc4)n3)C2)C1=O. The standard InChI is InChI=1S/C28H35N9O3/c1-33-13-14-37(26(33)38)22-3-2-10-35(17-22)24-16-30-23(15-29)25(32-24)31-20-4-6-21(7-5-20)34-11-8-28(9-12-34)18-36(19-28)27(39)40/h4-7,16,22H,2-3,8-14,17-19H2,1H3,(H,31,32)(H,39,40)/t22-/m1/s1. The van der Waals surface area contributed by atoms with Crippen molar-refractivity contribution in [2.75, 3.05) is 74.5 Å². The smallest absolute Gasteiger partial charge is 0.407 e. The number of carbonyl (C=O) groups excluding carboxylic acids is 1. The molecule has 4 fully saturated rings. The van der Waals surface area contributed by atoms with E-state index in [2.05, 4.69) is 38.3 Å². The van der Waals surface area contributed by atoms with Crippen LogP contribution in [-0.4, -0.2) is 107 Å². The van der Waals surface area contributed by atoms with Gasteiger partial charge in [0, 0.05) is 76.2 Å². The molecular weight excluding hydrogens is 510 g/mol. The fourth-order valence-electron chi connectivity index (χ4n) is 6.47. The number of benzene rings is 1. The molecule has 1 spiro atoms. The first kappa shape index (κ1) is 26.0. The van der Waals surface area contributed by atoms with Gasteiger partial charge >= 0.3 is 12.1 Å². The number of piperidine rings is 2. The van der Waals surface area contributed by atoms with Crippen molar-refractivity contribution in [3.63, 3.8) is 0 Å². The van der Waals surface area contributed by atoms with E-state index in [0.717, 1.165) is 69.8 Å². The molecule has 3 amide bonds. The third-order valence-electron chi connectivity index (χ3n) is 8.92. The number of hydrogen-bond acceptors (Lipinski definition) is 8. The third-order valence-corrected chi connectivity index (χ3v) is 8.92. The monoisotopic (exact) mass is 545 g/mol. The maximum absolute atomic E-state index is 12.5. The minimum Gasteiger partial charge on any atom is -0.465 e. The lowest BCUT2D eigenvalue weighted by molar-refractivity contribution is -0.00635. The number of urea groups is 1. The molecule has 2 N–H and O–H groups in total. The molecule has 0 bridgehead atoms. The van der Waals surface area contributed by atoms with Gasteiger partial charge in [0.1, 0.15) is 11.9 Å². The molecule has 4 aliphatic rings. The van der Waals surface area contributed by atoms with Crippen LogP contribution >= 0.6 is 0 Å². The van der Waals surface area contributed by atoms with E-state index in [4.69, 9.17) is 10.1 Å². The van der Waals surface area contributed by atoms with Gasteiger partial charge in [-0.3, -0.25) is 0 Å². The zero-order valence-electron chi connectivity index (χ0n) is 22.8. The molecule has 1 atom stereocenters. The van der Waals surface area contributed by atoms with E-state index in [9.17, 15) is 14.9 Å². The molecule has 6 rings (SSSR count). The van der Waals surface area contributed by atoms with E-state index in [-0.39, 0.29) is 23.2 Å². The van der Waals surface area contributed by atoms with E-state index in [1.54, 1.807) is 11.1 Å². The van der Waals surface area contributed by atoms with Gasteiger partial charge in [0.2, 0.25) is 0 Å². The van der Waals surface area contributed by atoms with Crippen LogP contribution < -0.4 is 15.1 Å². The summed E-state index contributed by atoms with van der Waals surface area (Å²) in [6.45, 7) is 6.12. The van der Waals surface area contributed by atoms with Gasteiger partial charge in [0.25, 0.3) is 0 Å². The van der Waals surface area contributed by atoms with Crippen LogP contribution in [0.2, 0.25) is 0 Å². The Labute approximate surface area is 233 Å². The van der Waals surface area contributed by atoms with Crippen LogP contribution in [0.4, 0.5) is 32.6 Å². The zero-order valence-corrected chi connectivity index (χ0v) is 22.8. The molecule has 0 radical (unpaired) electrons. The maximum atomic E-state index is 12.5. The fraction of sp³-hybridized carbons (Fsp3) is 0.536. The maximum Gasteiger partial charge on any atom is 0.407 e. The molecule has 210 valence electrons. The van der Waals surface area contributed by atoms with Crippen molar-refractivity contribution in [1.29, 1.82) is 5.26 Å². The van der Waals surface area contributed by atoms with Gasteiger partial charge in [-0.2, -0.15) is 5.26 Å². The zero-order chi connectivity index (χ0) is 27.9. The Morgan fingerprint density at radius 1 is 1.10 bits per heavy atom. The predicted molar refractivity (Wildman–Crippen MR) is 150 cm³/mol. The van der Waals surface area contributed by atoms with Crippen molar-refractivity contribution in [3.05, 3.63) is 36.2 Å². The summed E-state index contributed by atoms with van der Waals surface area (Å²) in [6.07, 6.45) is 4.73. The summed E-state index contributed by atoms with van der Waals surface area (Å²) in [5, 5.41) is 22.1. The molecule has 0 unspecified atom stereocenters. The predicted octanol–water partition coefficient (Wildman–Crippen LogP) is 3.01. The first-order valence-electron chi connectivity index (χ1n) is 14.0. The Morgan fingerprint density at radius 2 is 1.85 bits per heavy atom. The molecule has 2 aromatic rings. The van der Waals surface area contributed by atoms with Crippen molar-refractivity contribution in [3.8, 4) is 6.07 Å². The molecule has 4 saturated heterocycles. The van der Waals surface area contributed by atoms with Crippen molar-refractivity contribution in [2.24, 2.45) is 5.41 Å². The number of nitrogens with one attached hydrogen (secondary N) is 1. The Morgan fingerprint density at radius 3 is 2.50 bits per heavy atom. The van der Waals surface area contributed by atoms with Crippen LogP contribution in [0.15, 0.2) is 30.5 Å². The highest BCUT2D eigenvalue weighted by molar-refractivity contribution is 5.76. The molecule has 40 heavy (non-hydrogen) atoms. The van der Waals surface area contributed by atoms with Crippen LogP contribution in [0.3, 0.4) is 0 Å². The summed E-state index contributed by atoms with van der Waals surface area (Å²) in [6, 6.07) is 10.5. The summed E-state index contributed by atoms with van der Waals surface area (Å²) in [5.74, 6) is 1.11. The van der Waals surface area contributed by atoms with Crippen LogP contribution in [0.25, 0.3) is 0 Å². The number of carbonyl (C=O) groups is 2. The lowest BCUT2D eigenvalue weighted by Crippen LogP contribution is -2.61. The number of aromatic nitrogens is 2. The number of hydrogen-bond donors (Lipinski definition) is 2. The normalized spacial score (nSPS) is 22.4. The van der Waals surface area contributed by atoms with Gasteiger partial charge in [-0.25, -0.2) is 19.6 Å². The lowest BCUT2D eigenvalue weighted by Gasteiger charge is -2.53. The summed E-state index contributed by atoms with van der Waals surface area (Å²) in [4.78, 5) is 42.6. The van der Waals surface area contributed by atoms with E-state index >= 15 is 0 Å². The lowest BCUT2D eigenvalue weighted by atomic mass is 9.72.